The molecule has 0 amide bonds. The van der Waals surface area contributed by atoms with Crippen LogP contribution in [0.25, 0.3) is 0 Å². The molecule has 0 radical (unpaired) electrons. The van der Waals surface area contributed by atoms with Crippen LogP contribution in [0.2, 0.25) is 0 Å². The third kappa shape index (κ3) is 3.38. The molecule has 0 saturated heterocycles. The molecule has 1 heterocycles. The van der Waals surface area contributed by atoms with Crippen LogP contribution in [0.4, 0.5) is 5.69 Å². The van der Waals surface area contributed by atoms with E-state index in [1.807, 2.05) is 38.1 Å². The van der Waals surface area contributed by atoms with Gasteiger partial charge >= 0.3 is 0 Å². The maximum absolute atomic E-state index is 12.0. The lowest BCUT2D eigenvalue weighted by Crippen LogP contribution is -2.24. The number of ether oxygens (including phenoxy) is 1. The van der Waals surface area contributed by atoms with Crippen LogP contribution >= 0.6 is 0 Å². The Kier molecular flexibility index (Phi) is 4.40. The third-order valence-corrected chi connectivity index (χ3v) is 2.84. The van der Waals surface area contributed by atoms with Gasteiger partial charge in [-0.1, -0.05) is 18.2 Å². The molecular weight excluding hydrogens is 254 g/mol. The van der Waals surface area contributed by atoms with Gasteiger partial charge in [0, 0.05) is 17.7 Å². The van der Waals surface area contributed by atoms with Crippen LogP contribution in [0, 0.1) is 0 Å². The van der Waals surface area contributed by atoms with Crippen molar-refractivity contribution in [3.05, 3.63) is 52.4 Å². The summed E-state index contributed by atoms with van der Waals surface area (Å²) in [7, 11) is 1.62. The summed E-state index contributed by atoms with van der Waals surface area (Å²) in [5.41, 5.74) is 1.53. The first-order chi connectivity index (χ1) is 9.60. The molecule has 2 aromatic rings. The largest absolute Gasteiger partial charge is 0.496 e. The quantitative estimate of drug-likeness (QED) is 0.906. The van der Waals surface area contributed by atoms with Crippen LogP contribution in [-0.2, 0) is 6.54 Å². The van der Waals surface area contributed by atoms with Gasteiger partial charge in [0.1, 0.15) is 5.75 Å². The molecule has 106 valence electrons. The highest BCUT2D eigenvalue weighted by molar-refractivity contribution is 5.40. The lowest BCUT2D eigenvalue weighted by atomic mass is 10.2. The number of hydrogen-bond acceptors (Lipinski definition) is 4. The first-order valence-corrected chi connectivity index (χ1v) is 6.55. The molecule has 0 fully saturated rings. The third-order valence-electron chi connectivity index (χ3n) is 2.84. The molecule has 0 bridgehead atoms. The number of nitrogens with one attached hydrogen (secondary N) is 1. The second-order valence-electron chi connectivity index (χ2n) is 4.85. The minimum absolute atomic E-state index is 0.137. The Morgan fingerprint density at radius 2 is 2.10 bits per heavy atom. The van der Waals surface area contributed by atoms with Crippen LogP contribution in [-0.4, -0.2) is 22.9 Å². The molecule has 1 aromatic heterocycles. The molecule has 0 unspecified atom stereocenters. The Balaban J connectivity index is 2.24. The monoisotopic (exact) mass is 273 g/mol. The summed E-state index contributed by atoms with van der Waals surface area (Å²) in [4.78, 5) is 12.0. The van der Waals surface area contributed by atoms with E-state index in [-0.39, 0.29) is 11.6 Å². The number of hydrogen-bond donors (Lipinski definition) is 1. The van der Waals surface area contributed by atoms with Gasteiger partial charge in [-0.15, -0.1) is 0 Å². The van der Waals surface area contributed by atoms with Crippen LogP contribution < -0.4 is 15.6 Å². The molecule has 0 aliphatic heterocycles. The highest BCUT2D eigenvalue weighted by Crippen LogP contribution is 2.17. The lowest BCUT2D eigenvalue weighted by Gasteiger charge is -2.12. The summed E-state index contributed by atoms with van der Waals surface area (Å²) >= 11 is 0. The van der Waals surface area contributed by atoms with Crippen molar-refractivity contribution in [1.29, 1.82) is 0 Å². The van der Waals surface area contributed by atoms with Crippen LogP contribution in [0.15, 0.2) is 41.3 Å². The topological polar surface area (TPSA) is 56.1 Å². The Morgan fingerprint density at radius 3 is 2.75 bits per heavy atom. The van der Waals surface area contributed by atoms with Gasteiger partial charge in [0.25, 0.3) is 5.56 Å². The zero-order valence-electron chi connectivity index (χ0n) is 12.0. The van der Waals surface area contributed by atoms with E-state index >= 15 is 0 Å². The molecule has 5 heteroatoms. The normalized spacial score (nSPS) is 10.6. The smallest absolute Gasteiger partial charge is 0.269 e. The maximum Gasteiger partial charge on any atom is 0.269 e. The second-order valence-corrected chi connectivity index (χ2v) is 4.85. The number of anilines is 1. The molecule has 5 nitrogen and oxygen atoms in total. The standard InChI is InChI=1S/C15H19N3O2/c1-11(2)17-13-8-15(19)18(16-9-13)10-12-6-4-5-7-14(12)20-3/h4-9,11,17H,10H2,1-3H3. The highest BCUT2D eigenvalue weighted by Gasteiger charge is 2.06. The SMILES string of the molecule is COc1ccccc1Cn1ncc(NC(C)C)cc1=O. The average Bonchev–Trinajstić information content (AvgIpc) is 2.42. The number of methoxy groups -OCH3 is 1. The fourth-order valence-corrected chi connectivity index (χ4v) is 1.96. The molecular formula is C15H19N3O2. The molecule has 0 aliphatic rings. The van der Waals surface area contributed by atoms with Crippen LogP contribution in [0.3, 0.4) is 0 Å². The van der Waals surface area contributed by atoms with Crippen LogP contribution in [0.1, 0.15) is 19.4 Å². The van der Waals surface area contributed by atoms with Crippen molar-refractivity contribution in [3.8, 4) is 5.75 Å². The van der Waals surface area contributed by atoms with E-state index in [1.54, 1.807) is 19.4 Å². The summed E-state index contributed by atoms with van der Waals surface area (Å²) < 4.78 is 6.70. The molecule has 0 aliphatic carbocycles. The number of para-hydroxylation sites is 1. The van der Waals surface area contributed by atoms with E-state index < -0.39 is 0 Å². The molecule has 0 spiro atoms. The predicted octanol–water partition coefficient (Wildman–Crippen LogP) is 2.12. The Bertz CT molecular complexity index is 635. The van der Waals surface area contributed by atoms with Gasteiger partial charge < -0.3 is 10.1 Å². The van der Waals surface area contributed by atoms with Crippen molar-refractivity contribution in [2.24, 2.45) is 0 Å². The van der Waals surface area contributed by atoms with Gasteiger partial charge in [-0.25, -0.2) is 4.68 Å². The lowest BCUT2D eigenvalue weighted by molar-refractivity contribution is 0.406. The van der Waals surface area contributed by atoms with E-state index in [2.05, 4.69) is 10.4 Å². The van der Waals surface area contributed by atoms with E-state index in [0.717, 1.165) is 17.0 Å². The van der Waals surface area contributed by atoms with Crippen LogP contribution in [0.5, 0.6) is 5.75 Å². The predicted molar refractivity (Wildman–Crippen MR) is 79.4 cm³/mol. The fourth-order valence-electron chi connectivity index (χ4n) is 1.96. The van der Waals surface area contributed by atoms with Gasteiger partial charge in [-0.05, 0) is 19.9 Å². The second kappa shape index (κ2) is 6.23. The number of rotatable bonds is 5. The molecule has 2 rings (SSSR count). The minimum Gasteiger partial charge on any atom is -0.496 e. The minimum atomic E-state index is -0.137. The highest BCUT2D eigenvalue weighted by atomic mass is 16.5. The molecule has 1 N–H and O–H groups in total. The first kappa shape index (κ1) is 14.1. The van der Waals surface area contributed by atoms with Crippen molar-refractivity contribution in [3.63, 3.8) is 0 Å². The Labute approximate surface area is 118 Å². The Hall–Kier alpha value is -2.30. The summed E-state index contributed by atoms with van der Waals surface area (Å²) in [5, 5.41) is 7.35. The van der Waals surface area contributed by atoms with E-state index in [0.29, 0.717) is 6.54 Å². The molecule has 20 heavy (non-hydrogen) atoms. The summed E-state index contributed by atoms with van der Waals surface area (Å²) in [6.45, 7) is 4.42. The van der Waals surface area contributed by atoms with Gasteiger partial charge in [-0.3, -0.25) is 4.79 Å². The molecule has 0 atom stereocenters. The van der Waals surface area contributed by atoms with Crippen molar-refractivity contribution in [1.82, 2.24) is 9.78 Å². The van der Waals surface area contributed by atoms with Gasteiger partial charge in [0.15, 0.2) is 0 Å². The first-order valence-electron chi connectivity index (χ1n) is 6.55. The summed E-state index contributed by atoms with van der Waals surface area (Å²) in [6.07, 6.45) is 1.66. The number of benzene rings is 1. The number of aromatic nitrogens is 2. The average molecular weight is 273 g/mol. The van der Waals surface area contributed by atoms with Gasteiger partial charge in [0.05, 0.1) is 25.5 Å². The zero-order valence-corrected chi connectivity index (χ0v) is 12.0. The summed E-state index contributed by atoms with van der Waals surface area (Å²) in [6, 6.07) is 9.43. The van der Waals surface area contributed by atoms with Gasteiger partial charge in [0.2, 0.25) is 0 Å². The van der Waals surface area contributed by atoms with Crippen molar-refractivity contribution in [2.75, 3.05) is 12.4 Å². The summed E-state index contributed by atoms with van der Waals surface area (Å²) in [5.74, 6) is 0.755. The van der Waals surface area contributed by atoms with Crippen molar-refractivity contribution < 1.29 is 4.74 Å². The van der Waals surface area contributed by atoms with E-state index in [9.17, 15) is 4.79 Å². The molecule has 0 saturated carbocycles. The van der Waals surface area contributed by atoms with Crippen molar-refractivity contribution in [2.45, 2.75) is 26.4 Å². The maximum atomic E-state index is 12.0. The van der Waals surface area contributed by atoms with E-state index in [4.69, 9.17) is 4.74 Å². The van der Waals surface area contributed by atoms with E-state index in [1.165, 1.54) is 4.68 Å². The molecule has 1 aromatic carbocycles. The fraction of sp³-hybridized carbons (Fsp3) is 0.333. The van der Waals surface area contributed by atoms with Crippen molar-refractivity contribution >= 4 is 5.69 Å². The number of nitrogens with zero attached hydrogens (tertiary/aromatic N) is 2. The zero-order chi connectivity index (χ0) is 14.5. The van der Waals surface area contributed by atoms with Gasteiger partial charge in [-0.2, -0.15) is 5.10 Å². The Morgan fingerprint density at radius 1 is 1.35 bits per heavy atom.